The van der Waals surface area contributed by atoms with Crippen LogP contribution in [0.3, 0.4) is 0 Å². The maximum atomic E-state index is 13.1. The van der Waals surface area contributed by atoms with E-state index in [-0.39, 0.29) is 35.1 Å². The number of hydrogen-bond donors (Lipinski definition) is 0. The molecule has 3 heterocycles. The molecule has 2 aromatic heterocycles. The first-order valence-corrected chi connectivity index (χ1v) is 10.6. The molecule has 1 saturated heterocycles. The lowest BCUT2D eigenvalue weighted by Crippen LogP contribution is -2.42. The minimum atomic E-state index is -0.440. The Morgan fingerprint density at radius 1 is 1.33 bits per heavy atom. The Morgan fingerprint density at radius 2 is 2.09 bits per heavy atom. The molecule has 10 nitrogen and oxygen atoms in total. The van der Waals surface area contributed by atoms with Gasteiger partial charge in [0.2, 0.25) is 17.5 Å². The predicted molar refractivity (Wildman–Crippen MR) is 118 cm³/mol. The van der Waals surface area contributed by atoms with Crippen molar-refractivity contribution in [1.29, 1.82) is 5.26 Å². The third-order valence-corrected chi connectivity index (χ3v) is 6.07. The predicted octanol–water partition coefficient (Wildman–Crippen LogP) is 4.15. The van der Waals surface area contributed by atoms with Gasteiger partial charge in [0.15, 0.2) is 5.76 Å². The SMILES string of the molecule is CC(c1cccc([N+](=O)[O-])c1)N(C)C(=O)C1CCN(c2oc(-c3ccco3)nc2C#N)CC1. The molecule has 0 bridgehead atoms. The minimum absolute atomic E-state index is 0.00257. The zero-order valence-corrected chi connectivity index (χ0v) is 18.3. The second-order valence-electron chi connectivity index (χ2n) is 8.00. The molecule has 1 aliphatic rings. The zero-order chi connectivity index (χ0) is 23.5. The molecule has 33 heavy (non-hydrogen) atoms. The number of nitro groups is 1. The number of amides is 1. The molecule has 4 rings (SSSR count). The van der Waals surface area contributed by atoms with Crippen LogP contribution < -0.4 is 4.90 Å². The maximum absolute atomic E-state index is 13.1. The summed E-state index contributed by atoms with van der Waals surface area (Å²) in [6.45, 7) is 2.93. The van der Waals surface area contributed by atoms with Gasteiger partial charge < -0.3 is 18.6 Å². The third kappa shape index (κ3) is 4.43. The number of nitro benzene ring substituents is 1. The topological polar surface area (TPSA) is 130 Å². The Hall–Kier alpha value is -4.13. The first kappa shape index (κ1) is 22.1. The van der Waals surface area contributed by atoms with Crippen molar-refractivity contribution in [2.75, 3.05) is 25.0 Å². The van der Waals surface area contributed by atoms with Crippen molar-refractivity contribution in [3.63, 3.8) is 0 Å². The smallest absolute Gasteiger partial charge is 0.269 e. The fraction of sp³-hybridized carbons (Fsp3) is 0.348. The molecule has 1 fully saturated rings. The molecule has 1 amide bonds. The van der Waals surface area contributed by atoms with Crippen molar-refractivity contribution in [3.8, 4) is 17.7 Å². The molecule has 1 aliphatic heterocycles. The number of benzene rings is 1. The molecule has 1 atom stereocenters. The molecule has 0 spiro atoms. The third-order valence-electron chi connectivity index (χ3n) is 6.07. The Labute approximate surface area is 190 Å². The highest BCUT2D eigenvalue weighted by molar-refractivity contribution is 5.79. The first-order chi connectivity index (χ1) is 15.9. The van der Waals surface area contributed by atoms with E-state index in [1.807, 2.05) is 11.8 Å². The Bertz CT molecular complexity index is 1190. The number of non-ortho nitro benzene ring substituents is 1. The average Bonchev–Trinajstić information content (AvgIpc) is 3.53. The molecule has 0 aliphatic carbocycles. The van der Waals surface area contributed by atoms with Crippen LogP contribution in [0.2, 0.25) is 0 Å². The van der Waals surface area contributed by atoms with Crippen LogP contribution >= 0.6 is 0 Å². The lowest BCUT2D eigenvalue weighted by Gasteiger charge is -2.34. The molecule has 3 aromatic rings. The number of carbonyl (C=O) groups is 1. The second kappa shape index (κ2) is 9.16. The Balaban J connectivity index is 1.42. The first-order valence-electron chi connectivity index (χ1n) is 10.6. The van der Waals surface area contributed by atoms with Gasteiger partial charge in [0.1, 0.15) is 6.07 Å². The quantitative estimate of drug-likeness (QED) is 0.405. The van der Waals surface area contributed by atoms with Crippen LogP contribution in [0.4, 0.5) is 11.6 Å². The zero-order valence-electron chi connectivity index (χ0n) is 18.3. The number of oxazole rings is 1. The van der Waals surface area contributed by atoms with Crippen LogP contribution in [0.5, 0.6) is 0 Å². The molecule has 1 unspecified atom stereocenters. The van der Waals surface area contributed by atoms with Gasteiger partial charge in [-0.2, -0.15) is 10.2 Å². The van der Waals surface area contributed by atoms with E-state index in [4.69, 9.17) is 8.83 Å². The van der Waals surface area contributed by atoms with E-state index < -0.39 is 4.92 Å². The van der Waals surface area contributed by atoms with Gasteiger partial charge in [0, 0.05) is 38.2 Å². The van der Waals surface area contributed by atoms with Gasteiger partial charge in [-0.25, -0.2) is 0 Å². The van der Waals surface area contributed by atoms with E-state index in [2.05, 4.69) is 11.1 Å². The summed E-state index contributed by atoms with van der Waals surface area (Å²) in [6, 6.07) is 11.5. The van der Waals surface area contributed by atoms with Crippen LogP contribution in [-0.2, 0) is 4.79 Å². The largest absolute Gasteiger partial charge is 0.459 e. The highest BCUT2D eigenvalue weighted by atomic mass is 16.6. The van der Waals surface area contributed by atoms with E-state index in [0.717, 1.165) is 0 Å². The summed E-state index contributed by atoms with van der Waals surface area (Å²) in [6.07, 6.45) is 2.69. The summed E-state index contributed by atoms with van der Waals surface area (Å²) >= 11 is 0. The van der Waals surface area contributed by atoms with Crippen molar-refractivity contribution >= 4 is 17.5 Å². The van der Waals surface area contributed by atoms with Gasteiger partial charge in [-0.05, 0) is 37.5 Å². The number of hydrogen-bond acceptors (Lipinski definition) is 8. The standard InChI is InChI=1S/C23H23N5O5/c1-15(17-5-3-6-18(13-17)28(30)31)26(2)22(29)16-8-10-27(11-9-16)23-19(14-24)25-21(33-23)20-7-4-12-32-20/h3-7,12-13,15-16H,8-11H2,1-2H3. The highest BCUT2D eigenvalue weighted by Gasteiger charge is 2.32. The van der Waals surface area contributed by atoms with E-state index in [1.165, 1.54) is 18.4 Å². The van der Waals surface area contributed by atoms with Crippen molar-refractivity contribution in [3.05, 3.63) is 64.0 Å². The van der Waals surface area contributed by atoms with Gasteiger partial charge in [-0.15, -0.1) is 0 Å². The molecular formula is C23H23N5O5. The van der Waals surface area contributed by atoms with Crippen LogP contribution in [-0.4, -0.2) is 40.9 Å². The van der Waals surface area contributed by atoms with Crippen molar-refractivity contribution in [2.45, 2.75) is 25.8 Å². The van der Waals surface area contributed by atoms with Gasteiger partial charge in [0.05, 0.1) is 17.2 Å². The van der Waals surface area contributed by atoms with Gasteiger partial charge in [0.25, 0.3) is 11.6 Å². The van der Waals surface area contributed by atoms with Gasteiger partial charge >= 0.3 is 0 Å². The summed E-state index contributed by atoms with van der Waals surface area (Å²) < 4.78 is 11.1. The van der Waals surface area contributed by atoms with Crippen LogP contribution in [0.1, 0.15) is 37.1 Å². The highest BCUT2D eigenvalue weighted by Crippen LogP contribution is 2.32. The average molecular weight is 449 g/mol. The molecule has 0 N–H and O–H groups in total. The fourth-order valence-electron chi connectivity index (χ4n) is 4.04. The number of rotatable bonds is 6. The van der Waals surface area contributed by atoms with Gasteiger partial charge in [-0.1, -0.05) is 12.1 Å². The summed E-state index contributed by atoms with van der Waals surface area (Å²) in [5, 5.41) is 20.5. The summed E-state index contributed by atoms with van der Waals surface area (Å²) in [5.74, 6) is 0.872. The van der Waals surface area contributed by atoms with Gasteiger partial charge in [-0.3, -0.25) is 14.9 Å². The number of furan rings is 1. The number of nitriles is 1. The number of aromatic nitrogens is 1. The lowest BCUT2D eigenvalue weighted by atomic mass is 9.94. The molecule has 10 heteroatoms. The van der Waals surface area contributed by atoms with Crippen molar-refractivity contribution in [1.82, 2.24) is 9.88 Å². The summed E-state index contributed by atoms with van der Waals surface area (Å²) in [4.78, 5) is 31.5. The van der Waals surface area contributed by atoms with Crippen LogP contribution in [0.15, 0.2) is 51.5 Å². The molecule has 0 saturated carbocycles. The van der Waals surface area contributed by atoms with Crippen molar-refractivity contribution < 1.29 is 18.6 Å². The summed E-state index contributed by atoms with van der Waals surface area (Å²) in [5.41, 5.74) is 0.897. The lowest BCUT2D eigenvalue weighted by molar-refractivity contribution is -0.384. The number of carbonyl (C=O) groups excluding carboxylic acids is 1. The molecule has 170 valence electrons. The Kier molecular flexibility index (Phi) is 6.13. The molecular weight excluding hydrogens is 426 g/mol. The maximum Gasteiger partial charge on any atom is 0.269 e. The second-order valence-corrected chi connectivity index (χ2v) is 8.00. The van der Waals surface area contributed by atoms with E-state index in [9.17, 15) is 20.2 Å². The summed E-state index contributed by atoms with van der Waals surface area (Å²) in [7, 11) is 1.72. The molecule has 1 aromatic carbocycles. The van der Waals surface area contributed by atoms with Crippen LogP contribution in [0.25, 0.3) is 11.7 Å². The van der Waals surface area contributed by atoms with Crippen LogP contribution in [0, 0.1) is 27.4 Å². The molecule has 0 radical (unpaired) electrons. The van der Waals surface area contributed by atoms with E-state index in [1.54, 1.807) is 36.2 Å². The Morgan fingerprint density at radius 3 is 2.73 bits per heavy atom. The number of anilines is 1. The number of piperidine rings is 1. The number of nitrogens with zero attached hydrogens (tertiary/aromatic N) is 5. The minimum Gasteiger partial charge on any atom is -0.459 e. The monoisotopic (exact) mass is 449 g/mol. The fourth-order valence-corrected chi connectivity index (χ4v) is 4.04. The normalized spacial score (nSPS) is 15.1. The van der Waals surface area contributed by atoms with Crippen molar-refractivity contribution in [2.24, 2.45) is 5.92 Å². The van der Waals surface area contributed by atoms with E-state index in [0.29, 0.717) is 43.1 Å². The van der Waals surface area contributed by atoms with E-state index >= 15 is 0 Å².